The topological polar surface area (TPSA) is 105 Å². The lowest BCUT2D eigenvalue weighted by molar-refractivity contribution is -0.152. The lowest BCUT2D eigenvalue weighted by Gasteiger charge is -2.27. The fraction of sp³-hybridized carbons (Fsp3) is 0.714. The number of amides is 1. The van der Waals surface area contributed by atoms with Crippen LogP contribution in [-0.4, -0.2) is 27.1 Å². The molecule has 1 aliphatic carbocycles. The molecule has 1 fully saturated rings. The Hall–Kier alpha value is -1.92. The van der Waals surface area contributed by atoms with E-state index < -0.39 is 11.4 Å². The van der Waals surface area contributed by atoms with Crippen molar-refractivity contribution in [2.24, 2.45) is 5.41 Å². The molecule has 1 aromatic rings. The minimum Gasteiger partial charge on any atom is -0.481 e. The van der Waals surface area contributed by atoms with E-state index in [2.05, 4.69) is 15.5 Å². The van der Waals surface area contributed by atoms with Gasteiger partial charge in [-0.05, 0) is 19.8 Å². The summed E-state index contributed by atoms with van der Waals surface area (Å²) in [7, 11) is 0. The third kappa shape index (κ3) is 4.03. The van der Waals surface area contributed by atoms with Gasteiger partial charge in [-0.1, -0.05) is 30.8 Å². The van der Waals surface area contributed by atoms with Gasteiger partial charge in [0.05, 0.1) is 12.0 Å². The summed E-state index contributed by atoms with van der Waals surface area (Å²) in [6.45, 7) is 1.83. The highest BCUT2D eigenvalue weighted by atomic mass is 16.5. The number of aromatic nitrogens is 2. The van der Waals surface area contributed by atoms with Gasteiger partial charge in [0.2, 0.25) is 11.8 Å². The van der Waals surface area contributed by atoms with Gasteiger partial charge in [-0.3, -0.25) is 9.59 Å². The van der Waals surface area contributed by atoms with Crippen LogP contribution in [0, 0.1) is 12.3 Å². The van der Waals surface area contributed by atoms with Crippen LogP contribution in [0.4, 0.5) is 0 Å². The standard InChI is InChI=1S/C14H21N3O4/c1-10-16-12(21-17-10)9-15-11(18)8-14(13(19)20)6-4-2-3-5-7-14/h2-9H2,1H3,(H,15,18)(H,19,20). The normalized spacial score (nSPS) is 18.0. The summed E-state index contributed by atoms with van der Waals surface area (Å²) in [4.78, 5) is 27.7. The molecule has 1 amide bonds. The quantitative estimate of drug-likeness (QED) is 0.802. The number of carboxylic acid groups (broad SMARTS) is 1. The van der Waals surface area contributed by atoms with Gasteiger partial charge in [-0.2, -0.15) is 4.98 Å². The highest BCUT2D eigenvalue weighted by molar-refractivity contribution is 5.84. The molecule has 0 unspecified atom stereocenters. The van der Waals surface area contributed by atoms with E-state index in [1.165, 1.54) is 0 Å². The molecule has 0 aromatic carbocycles. The first kappa shape index (κ1) is 15.5. The molecule has 0 atom stereocenters. The van der Waals surface area contributed by atoms with Crippen LogP contribution in [0.25, 0.3) is 0 Å². The molecule has 1 aliphatic rings. The number of aryl methyl sites for hydroxylation is 1. The van der Waals surface area contributed by atoms with Crippen molar-refractivity contribution >= 4 is 11.9 Å². The van der Waals surface area contributed by atoms with E-state index in [0.717, 1.165) is 25.7 Å². The van der Waals surface area contributed by atoms with Crippen LogP contribution in [0.15, 0.2) is 4.52 Å². The Labute approximate surface area is 123 Å². The molecule has 7 heteroatoms. The molecule has 1 saturated carbocycles. The number of hydrogen-bond acceptors (Lipinski definition) is 5. The monoisotopic (exact) mass is 295 g/mol. The molecule has 0 radical (unpaired) electrons. The van der Waals surface area contributed by atoms with Crippen molar-refractivity contribution in [3.05, 3.63) is 11.7 Å². The Morgan fingerprint density at radius 1 is 1.29 bits per heavy atom. The number of carbonyl (C=O) groups is 2. The van der Waals surface area contributed by atoms with Crippen LogP contribution in [-0.2, 0) is 16.1 Å². The fourth-order valence-corrected chi connectivity index (χ4v) is 2.83. The molecule has 7 nitrogen and oxygen atoms in total. The summed E-state index contributed by atoms with van der Waals surface area (Å²) in [6.07, 6.45) is 4.95. The Bertz CT molecular complexity index is 504. The molecule has 116 valence electrons. The van der Waals surface area contributed by atoms with Crippen molar-refractivity contribution in [1.82, 2.24) is 15.5 Å². The highest BCUT2D eigenvalue weighted by Gasteiger charge is 2.40. The van der Waals surface area contributed by atoms with Crippen molar-refractivity contribution < 1.29 is 19.2 Å². The average molecular weight is 295 g/mol. The summed E-state index contributed by atoms with van der Waals surface area (Å²) >= 11 is 0. The first-order chi connectivity index (χ1) is 10.0. The van der Waals surface area contributed by atoms with E-state index in [1.807, 2.05) is 0 Å². The zero-order valence-corrected chi connectivity index (χ0v) is 12.2. The zero-order valence-electron chi connectivity index (χ0n) is 12.2. The Balaban J connectivity index is 1.93. The number of aliphatic carboxylic acids is 1. The number of nitrogens with one attached hydrogen (secondary N) is 1. The van der Waals surface area contributed by atoms with E-state index in [4.69, 9.17) is 4.52 Å². The van der Waals surface area contributed by atoms with E-state index in [1.54, 1.807) is 6.92 Å². The molecule has 0 spiro atoms. The summed E-state index contributed by atoms with van der Waals surface area (Å²) in [5.41, 5.74) is -0.925. The number of carbonyl (C=O) groups excluding carboxylic acids is 1. The average Bonchev–Trinajstić information content (AvgIpc) is 2.71. The third-order valence-corrected chi connectivity index (χ3v) is 4.02. The summed E-state index contributed by atoms with van der Waals surface area (Å²) in [5, 5.41) is 15.8. The van der Waals surface area contributed by atoms with Crippen LogP contribution < -0.4 is 5.32 Å². The van der Waals surface area contributed by atoms with Gasteiger partial charge in [0.15, 0.2) is 5.82 Å². The molecule has 21 heavy (non-hydrogen) atoms. The molecule has 2 rings (SSSR count). The maximum atomic E-state index is 12.0. The van der Waals surface area contributed by atoms with Crippen molar-refractivity contribution in [1.29, 1.82) is 0 Å². The van der Waals surface area contributed by atoms with Crippen molar-refractivity contribution in [2.75, 3.05) is 0 Å². The fourth-order valence-electron chi connectivity index (χ4n) is 2.83. The predicted molar refractivity (Wildman–Crippen MR) is 73.3 cm³/mol. The van der Waals surface area contributed by atoms with Gasteiger partial charge >= 0.3 is 5.97 Å². The van der Waals surface area contributed by atoms with Crippen LogP contribution in [0.3, 0.4) is 0 Å². The first-order valence-corrected chi connectivity index (χ1v) is 7.31. The van der Waals surface area contributed by atoms with Gasteiger partial charge in [0, 0.05) is 6.42 Å². The molecule has 1 aromatic heterocycles. The van der Waals surface area contributed by atoms with Gasteiger partial charge in [-0.15, -0.1) is 0 Å². The van der Waals surface area contributed by atoms with Gasteiger partial charge in [-0.25, -0.2) is 0 Å². The van der Waals surface area contributed by atoms with E-state index >= 15 is 0 Å². The van der Waals surface area contributed by atoms with Gasteiger partial charge < -0.3 is 14.9 Å². The molecule has 1 heterocycles. The summed E-state index contributed by atoms with van der Waals surface area (Å²) < 4.78 is 4.91. The SMILES string of the molecule is Cc1noc(CNC(=O)CC2(C(=O)O)CCCCCC2)n1. The Morgan fingerprint density at radius 3 is 2.48 bits per heavy atom. The number of carboxylic acids is 1. The smallest absolute Gasteiger partial charge is 0.310 e. The Kier molecular flexibility index (Phi) is 4.93. The summed E-state index contributed by atoms with van der Waals surface area (Å²) in [5.74, 6) is -0.320. The summed E-state index contributed by atoms with van der Waals surface area (Å²) in [6, 6.07) is 0. The molecular formula is C14H21N3O4. The molecule has 0 saturated heterocycles. The van der Waals surface area contributed by atoms with Gasteiger partial charge in [0.25, 0.3) is 0 Å². The van der Waals surface area contributed by atoms with E-state index in [9.17, 15) is 14.7 Å². The lowest BCUT2D eigenvalue weighted by Crippen LogP contribution is -2.37. The second kappa shape index (κ2) is 6.69. The van der Waals surface area contributed by atoms with Crippen molar-refractivity contribution in [2.45, 2.75) is 58.4 Å². The third-order valence-electron chi connectivity index (χ3n) is 4.02. The van der Waals surface area contributed by atoms with Gasteiger partial charge in [0.1, 0.15) is 0 Å². The first-order valence-electron chi connectivity index (χ1n) is 7.31. The molecule has 0 bridgehead atoms. The highest BCUT2D eigenvalue weighted by Crippen LogP contribution is 2.38. The lowest BCUT2D eigenvalue weighted by atomic mass is 9.77. The maximum absolute atomic E-state index is 12.0. The zero-order chi connectivity index (χ0) is 15.3. The molecule has 0 aliphatic heterocycles. The predicted octanol–water partition coefficient (Wildman–Crippen LogP) is 1.81. The number of rotatable bonds is 5. The minimum absolute atomic E-state index is 0.00938. The molecular weight excluding hydrogens is 274 g/mol. The second-order valence-electron chi connectivity index (χ2n) is 5.69. The Morgan fingerprint density at radius 2 is 1.95 bits per heavy atom. The molecule has 2 N–H and O–H groups in total. The van der Waals surface area contributed by atoms with E-state index in [0.29, 0.717) is 24.6 Å². The van der Waals surface area contributed by atoms with Crippen molar-refractivity contribution in [3.8, 4) is 0 Å². The largest absolute Gasteiger partial charge is 0.481 e. The maximum Gasteiger partial charge on any atom is 0.310 e. The number of hydrogen-bond donors (Lipinski definition) is 2. The van der Waals surface area contributed by atoms with Crippen LogP contribution in [0.5, 0.6) is 0 Å². The minimum atomic E-state index is -0.925. The van der Waals surface area contributed by atoms with Crippen LogP contribution >= 0.6 is 0 Å². The number of nitrogens with zero attached hydrogens (tertiary/aromatic N) is 2. The van der Waals surface area contributed by atoms with Crippen LogP contribution in [0.1, 0.15) is 56.7 Å². The van der Waals surface area contributed by atoms with Crippen LogP contribution in [0.2, 0.25) is 0 Å². The second-order valence-corrected chi connectivity index (χ2v) is 5.69. The van der Waals surface area contributed by atoms with E-state index in [-0.39, 0.29) is 18.9 Å². The van der Waals surface area contributed by atoms with Crippen molar-refractivity contribution in [3.63, 3.8) is 0 Å².